The van der Waals surface area contributed by atoms with Crippen molar-refractivity contribution in [1.82, 2.24) is 29.3 Å². The van der Waals surface area contributed by atoms with Crippen LogP contribution < -0.4 is 21.9 Å². The molecular formula is C31H25ClN8O3. The molecule has 0 saturated heterocycles. The van der Waals surface area contributed by atoms with Gasteiger partial charge in [-0.25, -0.2) is 19.6 Å². The highest BCUT2D eigenvalue weighted by Gasteiger charge is 2.21. The van der Waals surface area contributed by atoms with Crippen molar-refractivity contribution >= 4 is 45.8 Å². The van der Waals surface area contributed by atoms with E-state index in [0.717, 1.165) is 11.1 Å². The van der Waals surface area contributed by atoms with E-state index >= 15 is 0 Å². The van der Waals surface area contributed by atoms with Gasteiger partial charge in [-0.05, 0) is 41.8 Å². The summed E-state index contributed by atoms with van der Waals surface area (Å²) >= 11 is 6.53. The van der Waals surface area contributed by atoms with E-state index in [1.807, 2.05) is 24.3 Å². The van der Waals surface area contributed by atoms with Gasteiger partial charge in [0.05, 0.1) is 22.5 Å². The van der Waals surface area contributed by atoms with Crippen LogP contribution in [0.1, 0.15) is 24.2 Å². The predicted octanol–water partition coefficient (Wildman–Crippen LogP) is 3.15. The lowest BCUT2D eigenvalue weighted by atomic mass is 10.0. The van der Waals surface area contributed by atoms with Gasteiger partial charge in [0.1, 0.15) is 42.5 Å². The van der Waals surface area contributed by atoms with Crippen LogP contribution in [0, 0.1) is 16.7 Å². The van der Waals surface area contributed by atoms with Crippen LogP contribution in [0.25, 0.3) is 33.9 Å². The lowest BCUT2D eigenvalue weighted by Gasteiger charge is -2.16. The van der Waals surface area contributed by atoms with Crippen LogP contribution >= 0.6 is 11.6 Å². The maximum absolute atomic E-state index is 14.2. The molecule has 0 amide bonds. The highest BCUT2D eigenvalue weighted by molar-refractivity contribution is 6.31. The van der Waals surface area contributed by atoms with Gasteiger partial charge >= 0.3 is 0 Å². The number of nitroso groups, excluding NO2 is 1. The number of fused-ring (bicyclic) bond motifs is 2. The quantitative estimate of drug-likeness (QED) is 0.224. The fraction of sp³-hybridized carbons (Fsp3) is 0.194. The molecule has 0 aliphatic heterocycles. The third-order valence-electron chi connectivity index (χ3n) is 7.15. The lowest BCUT2D eigenvalue weighted by Crippen LogP contribution is -2.51. The number of benzene rings is 2. The van der Waals surface area contributed by atoms with Gasteiger partial charge in [-0.1, -0.05) is 59.8 Å². The number of halogens is 1. The van der Waals surface area contributed by atoms with Gasteiger partial charge in [0.15, 0.2) is 5.65 Å². The van der Waals surface area contributed by atoms with Gasteiger partial charge < -0.3 is 10.5 Å². The maximum Gasteiger partial charge on any atom is 0.262 e. The van der Waals surface area contributed by atoms with Crippen molar-refractivity contribution < 1.29 is 4.74 Å². The van der Waals surface area contributed by atoms with Gasteiger partial charge in [0, 0.05) is 23.3 Å². The largest absolute Gasteiger partial charge is 0.383 e. The topological polar surface area (TPSA) is 143 Å². The summed E-state index contributed by atoms with van der Waals surface area (Å²) in [6.07, 6.45) is 4.66. The molecule has 12 heteroatoms. The van der Waals surface area contributed by atoms with E-state index in [-0.39, 0.29) is 36.8 Å². The van der Waals surface area contributed by atoms with Crippen LogP contribution in [0.5, 0.6) is 0 Å². The average molecular weight is 593 g/mol. The molecule has 6 rings (SSSR count). The third kappa shape index (κ3) is 5.41. The molecule has 214 valence electrons. The van der Waals surface area contributed by atoms with Crippen LogP contribution in [0.2, 0.25) is 5.02 Å². The monoisotopic (exact) mass is 592 g/mol. The minimum absolute atomic E-state index is 0.104. The van der Waals surface area contributed by atoms with Gasteiger partial charge in [0.2, 0.25) is 0 Å². The van der Waals surface area contributed by atoms with Crippen molar-refractivity contribution in [2.45, 2.75) is 25.9 Å². The molecular weight excluding hydrogens is 568 g/mol. The minimum atomic E-state index is -0.222. The third-order valence-corrected chi connectivity index (χ3v) is 7.52. The van der Waals surface area contributed by atoms with Crippen LogP contribution in [-0.4, -0.2) is 43.0 Å². The molecule has 3 aromatic heterocycles. The van der Waals surface area contributed by atoms with Gasteiger partial charge in [0.25, 0.3) is 5.56 Å². The Labute approximate surface area is 250 Å². The predicted molar refractivity (Wildman–Crippen MR) is 165 cm³/mol. The second-order valence-electron chi connectivity index (χ2n) is 9.83. The molecule has 0 spiro atoms. The Morgan fingerprint density at radius 1 is 1.12 bits per heavy atom. The molecule has 0 atom stereocenters. The summed E-state index contributed by atoms with van der Waals surface area (Å²) < 4.78 is 8.35. The fourth-order valence-corrected chi connectivity index (χ4v) is 5.30. The molecule has 3 heterocycles. The summed E-state index contributed by atoms with van der Waals surface area (Å²) in [7, 11) is 1.58. The summed E-state index contributed by atoms with van der Waals surface area (Å²) in [5.74, 6) is 6.80. The molecule has 2 aromatic carbocycles. The number of anilines is 1. The Kier molecular flexibility index (Phi) is 7.79. The number of nitrogens with two attached hydrogens (primary N) is 1. The normalized spacial score (nSPS) is 12.4. The molecule has 0 fully saturated rings. The Bertz CT molecular complexity index is 2130. The molecule has 0 unspecified atom stereocenters. The van der Waals surface area contributed by atoms with Gasteiger partial charge in [-0.15, -0.1) is 4.91 Å². The molecule has 2 N–H and O–H groups in total. The Hall–Kier alpha value is -5.18. The number of nitrogen functional groups attached to an aromatic ring is 1. The highest BCUT2D eigenvalue weighted by atomic mass is 35.5. The van der Waals surface area contributed by atoms with Crippen molar-refractivity contribution in [1.29, 1.82) is 0 Å². The molecule has 0 saturated carbocycles. The number of hydrogen-bond acceptors (Lipinski definition) is 9. The van der Waals surface area contributed by atoms with Crippen molar-refractivity contribution in [2.24, 2.45) is 5.18 Å². The number of hydrogen-bond donors (Lipinski definition) is 1. The number of methoxy groups -OCH3 is 1. The summed E-state index contributed by atoms with van der Waals surface area (Å²) in [4.78, 5) is 38.8. The lowest BCUT2D eigenvalue weighted by molar-refractivity contribution is 0.240. The van der Waals surface area contributed by atoms with Crippen molar-refractivity contribution in [3.8, 4) is 23.1 Å². The summed E-state index contributed by atoms with van der Waals surface area (Å²) in [6, 6.07) is 14.0. The molecule has 11 nitrogen and oxygen atoms in total. The fourth-order valence-electron chi connectivity index (χ4n) is 5.10. The van der Waals surface area contributed by atoms with E-state index in [9.17, 15) is 9.70 Å². The smallest absolute Gasteiger partial charge is 0.262 e. The zero-order chi connectivity index (χ0) is 29.9. The minimum Gasteiger partial charge on any atom is -0.383 e. The average Bonchev–Trinajstić information content (AvgIpc) is 3.39. The summed E-state index contributed by atoms with van der Waals surface area (Å²) in [6.45, 7) is 0.554. The summed E-state index contributed by atoms with van der Waals surface area (Å²) in [5.41, 5.74) is 9.56. The first kappa shape index (κ1) is 28.0. The molecule has 0 bridgehead atoms. The second-order valence-corrected chi connectivity index (χ2v) is 10.2. The zero-order valence-electron chi connectivity index (χ0n) is 23.1. The first-order valence-corrected chi connectivity index (χ1v) is 13.8. The molecule has 5 aromatic rings. The number of ether oxygens (including phenoxy) is 1. The number of nitrogens with zero attached hydrogens (tertiary/aromatic N) is 7. The van der Waals surface area contributed by atoms with E-state index in [1.54, 1.807) is 46.7 Å². The zero-order valence-corrected chi connectivity index (χ0v) is 23.9. The SMILES string of the molecule is COCC#CC1=c2c(nc(Cn3nc(-c4ccc(N=O)cc4)c4c(N)ncnc43)n(Cc3ccccc3Cl)c2=O)=CCC1. The highest BCUT2D eigenvalue weighted by Crippen LogP contribution is 2.31. The van der Waals surface area contributed by atoms with Crippen molar-refractivity contribution in [2.75, 3.05) is 19.5 Å². The summed E-state index contributed by atoms with van der Waals surface area (Å²) in [5, 5.41) is 9.94. The van der Waals surface area contributed by atoms with Crippen molar-refractivity contribution in [3.05, 3.63) is 97.1 Å². The van der Waals surface area contributed by atoms with Crippen LogP contribution in [0.3, 0.4) is 0 Å². The first-order valence-electron chi connectivity index (χ1n) is 13.4. The van der Waals surface area contributed by atoms with Crippen molar-refractivity contribution in [3.63, 3.8) is 0 Å². The van der Waals surface area contributed by atoms with Crippen LogP contribution in [0.15, 0.2) is 64.8 Å². The maximum atomic E-state index is 14.2. The number of rotatable bonds is 7. The molecule has 0 radical (unpaired) electrons. The Morgan fingerprint density at radius 3 is 2.70 bits per heavy atom. The van der Waals surface area contributed by atoms with E-state index in [4.69, 9.17) is 32.2 Å². The first-order chi connectivity index (χ1) is 21.0. The van der Waals surface area contributed by atoms with E-state index < -0.39 is 0 Å². The van der Waals surface area contributed by atoms with E-state index in [2.05, 4.69) is 27.0 Å². The molecule has 43 heavy (non-hydrogen) atoms. The second kappa shape index (κ2) is 12.0. The molecule has 1 aliphatic rings. The van der Waals surface area contributed by atoms with Crippen LogP contribution in [-0.2, 0) is 17.8 Å². The Morgan fingerprint density at radius 2 is 1.93 bits per heavy atom. The van der Waals surface area contributed by atoms with Gasteiger partial charge in [-0.3, -0.25) is 9.36 Å². The van der Waals surface area contributed by atoms with E-state index in [0.29, 0.717) is 56.5 Å². The Balaban J connectivity index is 1.56. The van der Waals surface area contributed by atoms with E-state index in [1.165, 1.54) is 6.33 Å². The standard InChI is InChI=1S/C31H25ClN8O3/c1-43-15-5-8-19-7-4-10-24-26(19)31(41)39(16-21-6-2-3-9-23(21)32)25(36-24)17-40-30-27(29(33)34-18-35-30)28(37-40)20-11-13-22(38-42)14-12-20/h2-3,6,9-14,18H,4,7,15-17H2,1H3,(H2,33,34,35). The van der Waals surface area contributed by atoms with Gasteiger partial charge in [-0.2, -0.15) is 5.10 Å². The van der Waals surface area contributed by atoms with Crippen LogP contribution in [0.4, 0.5) is 11.5 Å². The molecule has 1 aliphatic carbocycles. The number of aromatic nitrogens is 6.